The fourth-order valence-corrected chi connectivity index (χ4v) is 1.16. The van der Waals surface area contributed by atoms with Crippen LogP contribution < -0.4 is 0 Å². The molecule has 0 fully saturated rings. The lowest BCUT2D eigenvalue weighted by Gasteiger charge is -2.09. The molecule has 1 atom stereocenters. The Bertz CT molecular complexity index is 350. The summed E-state index contributed by atoms with van der Waals surface area (Å²) in [7, 11) is 0. The van der Waals surface area contributed by atoms with Crippen molar-refractivity contribution in [2.24, 2.45) is 0 Å². The molecular weight excluding hydrogens is 190 g/mol. The molecule has 1 aromatic carbocycles. The molecule has 4 heteroatoms. The van der Waals surface area contributed by atoms with Crippen LogP contribution in [0, 0.1) is 11.6 Å². The van der Waals surface area contributed by atoms with Crippen molar-refractivity contribution < 1.29 is 18.7 Å². The maximum absolute atomic E-state index is 13.1. The van der Waals surface area contributed by atoms with Crippen LogP contribution in [0.25, 0.3) is 0 Å². The van der Waals surface area contributed by atoms with E-state index in [1.807, 2.05) is 0 Å². The van der Waals surface area contributed by atoms with Crippen LogP contribution in [-0.2, 0) is 4.79 Å². The van der Waals surface area contributed by atoms with Crippen LogP contribution in [0.4, 0.5) is 8.78 Å². The quantitative estimate of drug-likeness (QED) is 0.809. The first kappa shape index (κ1) is 10.8. The van der Waals surface area contributed by atoms with Crippen molar-refractivity contribution in [2.45, 2.75) is 19.4 Å². The number of carbonyl (C=O) groups is 1. The predicted octanol–water partition coefficient (Wildman–Crippen LogP) is 1.98. The van der Waals surface area contributed by atoms with E-state index in [0.29, 0.717) is 0 Å². The second-order valence-corrected chi connectivity index (χ2v) is 3.06. The van der Waals surface area contributed by atoms with E-state index < -0.39 is 17.7 Å². The number of benzene rings is 1. The van der Waals surface area contributed by atoms with Crippen LogP contribution >= 0.6 is 0 Å². The minimum Gasteiger partial charge on any atom is -0.388 e. The molecule has 0 aliphatic rings. The molecule has 0 saturated heterocycles. The van der Waals surface area contributed by atoms with E-state index in [2.05, 4.69) is 0 Å². The van der Waals surface area contributed by atoms with Gasteiger partial charge in [0.2, 0.25) is 0 Å². The molecule has 0 heterocycles. The highest BCUT2D eigenvalue weighted by atomic mass is 19.2. The fourth-order valence-electron chi connectivity index (χ4n) is 1.16. The van der Waals surface area contributed by atoms with Crippen LogP contribution in [0.5, 0.6) is 0 Å². The number of rotatable bonds is 3. The average Bonchev–Trinajstić information content (AvgIpc) is 2.08. The largest absolute Gasteiger partial charge is 0.388 e. The zero-order valence-electron chi connectivity index (χ0n) is 7.63. The van der Waals surface area contributed by atoms with Crippen LogP contribution in [-0.4, -0.2) is 10.9 Å². The lowest BCUT2D eigenvalue weighted by atomic mass is 10.0. The van der Waals surface area contributed by atoms with E-state index in [1.165, 1.54) is 19.1 Å². The Morgan fingerprint density at radius 1 is 1.50 bits per heavy atom. The lowest BCUT2D eigenvalue weighted by Crippen LogP contribution is -2.06. The Balaban J connectivity index is 2.95. The topological polar surface area (TPSA) is 37.3 Å². The molecule has 2 nitrogen and oxygen atoms in total. The van der Waals surface area contributed by atoms with E-state index in [-0.39, 0.29) is 17.8 Å². The van der Waals surface area contributed by atoms with Gasteiger partial charge in [0.25, 0.3) is 0 Å². The highest BCUT2D eigenvalue weighted by Gasteiger charge is 2.16. The van der Waals surface area contributed by atoms with Gasteiger partial charge in [-0.15, -0.1) is 0 Å². The van der Waals surface area contributed by atoms with Crippen LogP contribution in [0.2, 0.25) is 0 Å². The molecular formula is C10H10F2O2. The van der Waals surface area contributed by atoms with Crippen molar-refractivity contribution >= 4 is 5.78 Å². The zero-order chi connectivity index (χ0) is 10.7. The number of carbonyl (C=O) groups excluding carboxylic acids is 1. The molecule has 0 spiro atoms. The van der Waals surface area contributed by atoms with Gasteiger partial charge in [0.05, 0.1) is 6.10 Å². The van der Waals surface area contributed by atoms with Crippen LogP contribution in [0.1, 0.15) is 25.0 Å². The summed E-state index contributed by atoms with van der Waals surface area (Å²) >= 11 is 0. The van der Waals surface area contributed by atoms with Gasteiger partial charge in [-0.1, -0.05) is 12.1 Å². The van der Waals surface area contributed by atoms with Gasteiger partial charge in [-0.3, -0.25) is 4.79 Å². The van der Waals surface area contributed by atoms with Crippen molar-refractivity contribution in [3.63, 3.8) is 0 Å². The van der Waals surface area contributed by atoms with Crippen molar-refractivity contribution in [3.05, 3.63) is 35.4 Å². The summed E-state index contributed by atoms with van der Waals surface area (Å²) in [5.41, 5.74) is -0.180. The molecule has 1 unspecified atom stereocenters. The van der Waals surface area contributed by atoms with E-state index >= 15 is 0 Å². The molecule has 0 aliphatic carbocycles. The second kappa shape index (κ2) is 4.28. The Morgan fingerprint density at radius 3 is 2.71 bits per heavy atom. The van der Waals surface area contributed by atoms with Gasteiger partial charge >= 0.3 is 0 Å². The normalized spacial score (nSPS) is 12.6. The van der Waals surface area contributed by atoms with Gasteiger partial charge in [0.15, 0.2) is 11.6 Å². The highest BCUT2D eigenvalue weighted by Crippen LogP contribution is 2.21. The summed E-state index contributed by atoms with van der Waals surface area (Å²) in [6.45, 7) is 1.28. The van der Waals surface area contributed by atoms with Crippen molar-refractivity contribution in [1.82, 2.24) is 0 Å². The Labute approximate surface area is 80.2 Å². The second-order valence-electron chi connectivity index (χ2n) is 3.06. The van der Waals surface area contributed by atoms with Gasteiger partial charge in [-0.05, 0) is 13.0 Å². The molecule has 0 aliphatic heterocycles. The Hall–Kier alpha value is -1.29. The summed E-state index contributed by atoms with van der Waals surface area (Å²) in [6, 6.07) is 3.50. The van der Waals surface area contributed by atoms with Crippen molar-refractivity contribution in [3.8, 4) is 0 Å². The summed E-state index contributed by atoms with van der Waals surface area (Å²) in [5.74, 6) is -2.40. The minimum absolute atomic E-state index is 0.180. The SMILES string of the molecule is CC(=O)CC(O)c1cccc(F)c1F. The predicted molar refractivity (Wildman–Crippen MR) is 46.6 cm³/mol. The molecule has 0 aromatic heterocycles. The van der Waals surface area contributed by atoms with Gasteiger partial charge in [-0.25, -0.2) is 8.78 Å². The molecule has 0 radical (unpaired) electrons. The summed E-state index contributed by atoms with van der Waals surface area (Å²) < 4.78 is 25.8. The number of hydrogen-bond acceptors (Lipinski definition) is 2. The number of hydrogen-bond donors (Lipinski definition) is 1. The average molecular weight is 200 g/mol. The van der Waals surface area contributed by atoms with Crippen LogP contribution in [0.15, 0.2) is 18.2 Å². The molecule has 0 bridgehead atoms. The summed E-state index contributed by atoms with van der Waals surface area (Å²) in [5, 5.41) is 9.37. The van der Waals surface area contributed by atoms with Gasteiger partial charge < -0.3 is 5.11 Å². The first-order chi connectivity index (χ1) is 6.52. The molecule has 14 heavy (non-hydrogen) atoms. The summed E-state index contributed by atoms with van der Waals surface area (Å²) in [6.07, 6.45) is -1.48. The van der Waals surface area contributed by atoms with E-state index in [4.69, 9.17) is 0 Å². The number of halogens is 2. The van der Waals surface area contributed by atoms with Crippen LogP contribution in [0.3, 0.4) is 0 Å². The molecule has 76 valence electrons. The fraction of sp³-hybridized carbons (Fsp3) is 0.300. The molecule has 0 saturated carbocycles. The van der Waals surface area contributed by atoms with E-state index in [9.17, 15) is 18.7 Å². The third-order valence-electron chi connectivity index (χ3n) is 1.82. The maximum atomic E-state index is 13.1. The Morgan fingerprint density at radius 2 is 2.14 bits per heavy atom. The summed E-state index contributed by atoms with van der Waals surface area (Å²) in [4.78, 5) is 10.6. The molecule has 0 amide bonds. The van der Waals surface area contributed by atoms with E-state index in [1.54, 1.807) is 0 Å². The van der Waals surface area contributed by atoms with Crippen molar-refractivity contribution in [2.75, 3.05) is 0 Å². The highest BCUT2D eigenvalue weighted by molar-refractivity contribution is 5.76. The standard InChI is InChI=1S/C10H10F2O2/c1-6(13)5-9(14)7-3-2-4-8(11)10(7)12/h2-4,9,14H,5H2,1H3. The molecule has 1 rings (SSSR count). The van der Waals surface area contributed by atoms with Gasteiger partial charge in [-0.2, -0.15) is 0 Å². The number of aliphatic hydroxyl groups is 1. The molecule has 1 N–H and O–H groups in total. The zero-order valence-corrected chi connectivity index (χ0v) is 7.63. The smallest absolute Gasteiger partial charge is 0.164 e. The lowest BCUT2D eigenvalue weighted by molar-refractivity contribution is -0.118. The number of ketones is 1. The van der Waals surface area contributed by atoms with Gasteiger partial charge in [0, 0.05) is 12.0 Å². The first-order valence-electron chi connectivity index (χ1n) is 4.13. The number of Topliss-reactive ketones (excluding diaryl/α,β-unsaturated/α-hetero) is 1. The third kappa shape index (κ3) is 2.35. The van der Waals surface area contributed by atoms with E-state index in [0.717, 1.165) is 6.07 Å². The number of aliphatic hydroxyl groups excluding tert-OH is 1. The van der Waals surface area contributed by atoms with Crippen molar-refractivity contribution in [1.29, 1.82) is 0 Å². The Kier molecular flexibility index (Phi) is 3.30. The monoisotopic (exact) mass is 200 g/mol. The minimum atomic E-state index is -1.27. The maximum Gasteiger partial charge on any atom is 0.164 e. The first-order valence-corrected chi connectivity index (χ1v) is 4.13. The van der Waals surface area contributed by atoms with Gasteiger partial charge in [0.1, 0.15) is 5.78 Å². The third-order valence-corrected chi connectivity index (χ3v) is 1.82. The molecule has 1 aromatic rings.